The van der Waals surface area contributed by atoms with E-state index < -0.39 is 11.3 Å². The maximum Gasteiger partial charge on any atom is 0.318 e. The molecule has 1 N–H and O–H groups in total. The van der Waals surface area contributed by atoms with E-state index in [9.17, 15) is 9.59 Å². The van der Waals surface area contributed by atoms with E-state index in [1.807, 2.05) is 13.8 Å². The second kappa shape index (κ2) is 4.64. The number of hydrogen-bond acceptors (Lipinski definition) is 2. The van der Waals surface area contributed by atoms with Gasteiger partial charge in [0, 0.05) is 13.1 Å². The fraction of sp³-hybridized carbons (Fsp3) is 0.778. The van der Waals surface area contributed by atoms with Crippen molar-refractivity contribution in [2.75, 3.05) is 13.1 Å². The van der Waals surface area contributed by atoms with Gasteiger partial charge in [-0.25, -0.2) is 4.79 Å². The van der Waals surface area contributed by atoms with Crippen LogP contribution in [-0.2, 0) is 4.79 Å². The van der Waals surface area contributed by atoms with Gasteiger partial charge in [-0.2, -0.15) is 0 Å². The van der Waals surface area contributed by atoms with Crippen LogP contribution in [0.15, 0.2) is 0 Å². The van der Waals surface area contributed by atoms with Crippen LogP contribution in [0.4, 0.5) is 4.79 Å². The standard InChI is InChI=1S/C9H15ClN2O2/c1-6(2)7(8(10)13)12-5-3-4-11-9(12)14/h6-7H,3-5H2,1-2H3,(H,11,14)/t7-/m1/s1. The van der Waals surface area contributed by atoms with Crippen molar-refractivity contribution in [2.45, 2.75) is 26.3 Å². The minimum absolute atomic E-state index is 0.0452. The molecular formula is C9H15ClN2O2. The van der Waals surface area contributed by atoms with Gasteiger partial charge in [-0.1, -0.05) is 13.8 Å². The van der Waals surface area contributed by atoms with E-state index in [-0.39, 0.29) is 11.9 Å². The molecule has 0 aromatic carbocycles. The molecule has 5 heteroatoms. The molecule has 1 aliphatic rings. The van der Waals surface area contributed by atoms with E-state index in [0.717, 1.165) is 6.42 Å². The first-order valence-corrected chi connectivity index (χ1v) is 5.15. The van der Waals surface area contributed by atoms with Crippen molar-refractivity contribution < 1.29 is 9.59 Å². The third-order valence-corrected chi connectivity index (χ3v) is 2.54. The van der Waals surface area contributed by atoms with Gasteiger partial charge in [0.2, 0.25) is 5.24 Å². The predicted molar refractivity (Wildman–Crippen MR) is 54.2 cm³/mol. The Labute approximate surface area is 88.6 Å². The van der Waals surface area contributed by atoms with Gasteiger partial charge in [-0.3, -0.25) is 4.79 Å². The molecule has 1 rings (SSSR count). The van der Waals surface area contributed by atoms with Crippen molar-refractivity contribution in [1.29, 1.82) is 0 Å². The molecule has 14 heavy (non-hydrogen) atoms. The van der Waals surface area contributed by atoms with Crippen LogP contribution in [0, 0.1) is 5.92 Å². The number of carbonyl (C=O) groups excluding carboxylic acids is 2. The molecule has 0 unspecified atom stereocenters. The van der Waals surface area contributed by atoms with Crippen molar-refractivity contribution in [3.63, 3.8) is 0 Å². The average Bonchev–Trinajstić information content (AvgIpc) is 2.07. The molecule has 0 aromatic rings. The van der Waals surface area contributed by atoms with E-state index in [1.54, 1.807) is 0 Å². The Kier molecular flexibility index (Phi) is 3.75. The lowest BCUT2D eigenvalue weighted by atomic mass is 10.0. The van der Waals surface area contributed by atoms with E-state index in [1.165, 1.54) is 4.90 Å². The zero-order chi connectivity index (χ0) is 10.7. The highest BCUT2D eigenvalue weighted by Gasteiger charge is 2.32. The average molecular weight is 219 g/mol. The van der Waals surface area contributed by atoms with Gasteiger partial charge in [0.15, 0.2) is 0 Å². The third-order valence-electron chi connectivity index (χ3n) is 2.31. The van der Waals surface area contributed by atoms with Crippen LogP contribution in [0.5, 0.6) is 0 Å². The summed E-state index contributed by atoms with van der Waals surface area (Å²) >= 11 is 5.48. The Morgan fingerprint density at radius 2 is 2.21 bits per heavy atom. The summed E-state index contributed by atoms with van der Waals surface area (Å²) in [6, 6.07) is -0.694. The zero-order valence-corrected chi connectivity index (χ0v) is 9.17. The van der Waals surface area contributed by atoms with Crippen LogP contribution in [0.3, 0.4) is 0 Å². The summed E-state index contributed by atoms with van der Waals surface area (Å²) in [5.74, 6) is 0.0452. The lowest BCUT2D eigenvalue weighted by Crippen LogP contribution is -2.54. The molecule has 1 aliphatic heterocycles. The van der Waals surface area contributed by atoms with E-state index >= 15 is 0 Å². The molecule has 1 heterocycles. The van der Waals surface area contributed by atoms with Crippen LogP contribution in [-0.4, -0.2) is 35.3 Å². The van der Waals surface area contributed by atoms with Gasteiger partial charge in [0.1, 0.15) is 6.04 Å². The normalized spacial score (nSPS) is 19.4. The second-order valence-electron chi connectivity index (χ2n) is 3.77. The first-order chi connectivity index (χ1) is 6.54. The largest absolute Gasteiger partial charge is 0.338 e. The predicted octanol–water partition coefficient (Wildman–Crippen LogP) is 1.19. The second-order valence-corrected chi connectivity index (χ2v) is 4.14. The van der Waals surface area contributed by atoms with E-state index in [0.29, 0.717) is 13.1 Å². The fourth-order valence-electron chi connectivity index (χ4n) is 1.66. The minimum Gasteiger partial charge on any atom is -0.338 e. The maximum absolute atomic E-state index is 11.4. The highest BCUT2D eigenvalue weighted by atomic mass is 35.5. The molecule has 0 aromatic heterocycles. The number of halogens is 1. The molecular weight excluding hydrogens is 204 g/mol. The first kappa shape index (κ1) is 11.3. The molecule has 0 spiro atoms. The number of amides is 2. The van der Waals surface area contributed by atoms with Gasteiger partial charge >= 0.3 is 6.03 Å². The summed E-state index contributed by atoms with van der Waals surface area (Å²) in [6.45, 7) is 5.05. The van der Waals surface area contributed by atoms with Gasteiger partial charge in [-0.05, 0) is 23.9 Å². The van der Waals surface area contributed by atoms with Crippen LogP contribution in [0.1, 0.15) is 20.3 Å². The number of nitrogens with zero attached hydrogens (tertiary/aromatic N) is 1. The summed E-state index contributed by atoms with van der Waals surface area (Å²) < 4.78 is 0. The van der Waals surface area contributed by atoms with Crippen LogP contribution >= 0.6 is 11.6 Å². The van der Waals surface area contributed by atoms with Crippen LogP contribution in [0.25, 0.3) is 0 Å². The van der Waals surface area contributed by atoms with Crippen molar-refractivity contribution in [3.05, 3.63) is 0 Å². The summed E-state index contributed by atoms with van der Waals surface area (Å²) in [7, 11) is 0. The van der Waals surface area contributed by atoms with Crippen molar-refractivity contribution in [3.8, 4) is 0 Å². The van der Waals surface area contributed by atoms with E-state index in [4.69, 9.17) is 11.6 Å². The number of urea groups is 1. The molecule has 2 amide bonds. The quantitative estimate of drug-likeness (QED) is 0.724. The van der Waals surface area contributed by atoms with Crippen molar-refractivity contribution in [2.24, 2.45) is 5.92 Å². The maximum atomic E-state index is 11.4. The lowest BCUT2D eigenvalue weighted by Gasteiger charge is -2.34. The smallest absolute Gasteiger partial charge is 0.318 e. The Bertz CT molecular complexity index is 243. The molecule has 1 fully saturated rings. The Morgan fingerprint density at radius 3 is 2.64 bits per heavy atom. The van der Waals surface area contributed by atoms with Crippen LogP contribution < -0.4 is 5.32 Å². The topological polar surface area (TPSA) is 49.4 Å². The van der Waals surface area contributed by atoms with Crippen molar-refractivity contribution in [1.82, 2.24) is 10.2 Å². The Balaban J connectivity index is 2.75. The minimum atomic E-state index is -0.503. The van der Waals surface area contributed by atoms with Crippen molar-refractivity contribution >= 4 is 22.9 Å². The molecule has 0 bridgehead atoms. The highest BCUT2D eigenvalue weighted by Crippen LogP contribution is 2.16. The lowest BCUT2D eigenvalue weighted by molar-refractivity contribution is -0.117. The SMILES string of the molecule is CC(C)[C@H](C(=O)Cl)N1CCCNC1=O. The third kappa shape index (κ3) is 2.38. The summed E-state index contributed by atoms with van der Waals surface area (Å²) in [5, 5.41) is 2.24. The highest BCUT2D eigenvalue weighted by molar-refractivity contribution is 6.64. The molecule has 80 valence electrons. The fourth-order valence-corrected chi connectivity index (χ4v) is 2.03. The van der Waals surface area contributed by atoms with E-state index in [2.05, 4.69) is 5.32 Å². The molecule has 0 radical (unpaired) electrons. The summed E-state index contributed by atoms with van der Waals surface area (Å²) in [5.41, 5.74) is 0. The monoisotopic (exact) mass is 218 g/mol. The first-order valence-electron chi connectivity index (χ1n) is 4.78. The van der Waals surface area contributed by atoms with Gasteiger partial charge in [0.05, 0.1) is 0 Å². The molecule has 1 saturated heterocycles. The Hall–Kier alpha value is -0.770. The summed E-state index contributed by atoms with van der Waals surface area (Å²) in [4.78, 5) is 24.1. The van der Waals surface area contributed by atoms with Gasteiger partial charge in [0.25, 0.3) is 0 Å². The molecule has 0 aliphatic carbocycles. The molecule has 0 saturated carbocycles. The molecule has 1 atom stereocenters. The number of rotatable bonds is 3. The van der Waals surface area contributed by atoms with Gasteiger partial charge in [-0.15, -0.1) is 0 Å². The Morgan fingerprint density at radius 1 is 1.57 bits per heavy atom. The number of nitrogens with one attached hydrogen (secondary N) is 1. The van der Waals surface area contributed by atoms with Gasteiger partial charge < -0.3 is 10.2 Å². The number of hydrogen-bond donors (Lipinski definition) is 1. The zero-order valence-electron chi connectivity index (χ0n) is 8.42. The number of carbonyl (C=O) groups is 2. The summed E-state index contributed by atoms with van der Waals surface area (Å²) in [6.07, 6.45) is 0.860. The van der Waals surface area contributed by atoms with Crippen LogP contribution in [0.2, 0.25) is 0 Å². The molecule has 4 nitrogen and oxygen atoms in total.